The minimum atomic E-state index is -0.0457. The van der Waals surface area contributed by atoms with Gasteiger partial charge in [-0.1, -0.05) is 6.08 Å². The third kappa shape index (κ3) is 3.43. The number of rotatable bonds is 4. The Balaban J connectivity index is 1.92. The second kappa shape index (κ2) is 6.17. The Morgan fingerprint density at radius 1 is 1.47 bits per heavy atom. The zero-order valence-electron chi connectivity index (χ0n) is 11.1. The average molecular weight is 263 g/mol. The fraction of sp³-hybridized carbons (Fsp3) is 0.462. The van der Waals surface area contributed by atoms with Gasteiger partial charge in [0.1, 0.15) is 6.10 Å². The van der Waals surface area contributed by atoms with Crippen LogP contribution in [0.1, 0.15) is 13.3 Å². The molecule has 6 heteroatoms. The van der Waals surface area contributed by atoms with Gasteiger partial charge in [-0.05, 0) is 13.0 Å². The van der Waals surface area contributed by atoms with Crippen LogP contribution in [0.3, 0.4) is 0 Å². The van der Waals surface area contributed by atoms with Crippen LogP contribution in [-0.4, -0.2) is 47.1 Å². The van der Waals surface area contributed by atoms with Gasteiger partial charge >= 0.3 is 0 Å². The van der Waals surface area contributed by atoms with Gasteiger partial charge in [0.05, 0.1) is 26.0 Å². The van der Waals surface area contributed by atoms with E-state index < -0.39 is 0 Å². The molecule has 1 aliphatic rings. The summed E-state index contributed by atoms with van der Waals surface area (Å²) < 4.78 is 10.7. The predicted molar refractivity (Wildman–Crippen MR) is 69.0 cm³/mol. The van der Waals surface area contributed by atoms with Gasteiger partial charge in [0, 0.05) is 13.0 Å². The molecule has 0 radical (unpaired) electrons. The summed E-state index contributed by atoms with van der Waals surface area (Å²) in [6, 6.07) is 0. The number of ether oxygens (including phenoxy) is 2. The first kappa shape index (κ1) is 13.3. The van der Waals surface area contributed by atoms with Gasteiger partial charge in [0.15, 0.2) is 0 Å². The van der Waals surface area contributed by atoms with Crippen LogP contribution in [0.2, 0.25) is 0 Å². The lowest BCUT2D eigenvalue weighted by Gasteiger charge is -2.15. The highest BCUT2D eigenvalue weighted by molar-refractivity contribution is 5.87. The van der Waals surface area contributed by atoms with Gasteiger partial charge < -0.3 is 14.4 Å². The van der Waals surface area contributed by atoms with E-state index in [2.05, 4.69) is 9.97 Å². The van der Waals surface area contributed by atoms with E-state index in [1.54, 1.807) is 23.2 Å². The maximum absolute atomic E-state index is 11.7. The van der Waals surface area contributed by atoms with Crippen molar-refractivity contribution in [1.82, 2.24) is 14.9 Å². The predicted octanol–water partition coefficient (Wildman–Crippen LogP) is 1.04. The van der Waals surface area contributed by atoms with Gasteiger partial charge in [-0.2, -0.15) is 4.98 Å². The third-order valence-corrected chi connectivity index (χ3v) is 2.85. The van der Waals surface area contributed by atoms with Crippen molar-refractivity contribution < 1.29 is 14.3 Å². The summed E-state index contributed by atoms with van der Waals surface area (Å²) in [5.74, 6) is 0.854. The Morgan fingerprint density at radius 2 is 2.26 bits per heavy atom. The molecule has 19 heavy (non-hydrogen) atoms. The minimum absolute atomic E-state index is 0.0188. The molecule has 0 unspecified atom stereocenters. The fourth-order valence-electron chi connectivity index (χ4n) is 1.93. The Hall–Kier alpha value is -2.11. The van der Waals surface area contributed by atoms with Crippen molar-refractivity contribution in [2.45, 2.75) is 19.4 Å². The molecular weight excluding hydrogens is 246 g/mol. The first-order chi connectivity index (χ1) is 9.22. The number of aromatic nitrogens is 2. The number of methoxy groups -OCH3 is 1. The van der Waals surface area contributed by atoms with Crippen LogP contribution in [-0.2, 0) is 4.79 Å². The van der Waals surface area contributed by atoms with Gasteiger partial charge in [0.25, 0.3) is 0 Å². The molecule has 2 heterocycles. The van der Waals surface area contributed by atoms with Crippen molar-refractivity contribution in [3.8, 4) is 11.8 Å². The lowest BCUT2D eigenvalue weighted by Crippen LogP contribution is -2.29. The van der Waals surface area contributed by atoms with Crippen LogP contribution < -0.4 is 9.47 Å². The number of amides is 1. The Kier molecular flexibility index (Phi) is 4.33. The number of carbonyl (C=O) groups is 1. The van der Waals surface area contributed by atoms with Crippen molar-refractivity contribution in [3.63, 3.8) is 0 Å². The molecule has 1 aromatic rings. The SMILES string of the molecule is C/C=C/C(=O)N1CC[C@H](Oc2cncc(OC)n2)C1. The summed E-state index contributed by atoms with van der Waals surface area (Å²) in [4.78, 5) is 21.6. The fourth-order valence-corrected chi connectivity index (χ4v) is 1.93. The molecule has 1 atom stereocenters. The van der Waals surface area contributed by atoms with Crippen molar-refractivity contribution in [1.29, 1.82) is 0 Å². The van der Waals surface area contributed by atoms with E-state index in [9.17, 15) is 4.79 Å². The van der Waals surface area contributed by atoms with E-state index in [-0.39, 0.29) is 12.0 Å². The number of nitrogens with zero attached hydrogens (tertiary/aromatic N) is 3. The number of carbonyl (C=O) groups excluding carboxylic acids is 1. The number of allylic oxidation sites excluding steroid dienone is 1. The van der Waals surface area contributed by atoms with Crippen molar-refractivity contribution in [3.05, 3.63) is 24.5 Å². The van der Waals surface area contributed by atoms with Crippen molar-refractivity contribution in [2.75, 3.05) is 20.2 Å². The smallest absolute Gasteiger partial charge is 0.246 e. The Bertz CT molecular complexity index is 476. The van der Waals surface area contributed by atoms with Crippen LogP contribution in [0, 0.1) is 0 Å². The van der Waals surface area contributed by atoms with Crippen LogP contribution in [0.25, 0.3) is 0 Å². The van der Waals surface area contributed by atoms with Crippen LogP contribution in [0.5, 0.6) is 11.8 Å². The number of likely N-dealkylation sites (tertiary alicyclic amines) is 1. The molecule has 2 rings (SSSR count). The van der Waals surface area contributed by atoms with Gasteiger partial charge in [-0.15, -0.1) is 0 Å². The summed E-state index contributed by atoms with van der Waals surface area (Å²) >= 11 is 0. The molecule has 1 fully saturated rings. The molecule has 0 saturated carbocycles. The monoisotopic (exact) mass is 263 g/mol. The molecule has 1 aliphatic heterocycles. The molecule has 1 saturated heterocycles. The summed E-state index contributed by atoms with van der Waals surface area (Å²) in [7, 11) is 1.53. The minimum Gasteiger partial charge on any atom is -0.480 e. The summed E-state index contributed by atoms with van der Waals surface area (Å²) in [5, 5.41) is 0. The maximum atomic E-state index is 11.7. The van der Waals surface area contributed by atoms with Gasteiger partial charge in [-0.3, -0.25) is 9.78 Å². The summed E-state index contributed by atoms with van der Waals surface area (Å²) in [6.07, 6.45) is 7.11. The van der Waals surface area contributed by atoms with Crippen LogP contribution in [0.4, 0.5) is 0 Å². The van der Waals surface area contributed by atoms with E-state index in [0.29, 0.717) is 24.8 Å². The average Bonchev–Trinajstić information content (AvgIpc) is 2.88. The highest BCUT2D eigenvalue weighted by Gasteiger charge is 2.26. The van der Waals surface area contributed by atoms with E-state index in [4.69, 9.17) is 9.47 Å². The zero-order valence-corrected chi connectivity index (χ0v) is 11.1. The highest BCUT2D eigenvalue weighted by atomic mass is 16.5. The topological polar surface area (TPSA) is 64.6 Å². The molecule has 0 aromatic carbocycles. The van der Waals surface area contributed by atoms with E-state index in [1.165, 1.54) is 13.3 Å². The van der Waals surface area contributed by atoms with Crippen molar-refractivity contribution in [2.24, 2.45) is 0 Å². The zero-order chi connectivity index (χ0) is 13.7. The Morgan fingerprint density at radius 3 is 3.00 bits per heavy atom. The lowest BCUT2D eigenvalue weighted by atomic mass is 10.3. The Labute approximate surface area is 112 Å². The van der Waals surface area contributed by atoms with Crippen LogP contribution in [0.15, 0.2) is 24.5 Å². The molecule has 1 aromatic heterocycles. The largest absolute Gasteiger partial charge is 0.480 e. The van der Waals surface area contributed by atoms with E-state index in [1.807, 2.05) is 6.92 Å². The highest BCUT2D eigenvalue weighted by Crippen LogP contribution is 2.18. The summed E-state index contributed by atoms with van der Waals surface area (Å²) in [6.45, 7) is 3.10. The lowest BCUT2D eigenvalue weighted by molar-refractivity contribution is -0.125. The number of hydrogen-bond donors (Lipinski definition) is 0. The quantitative estimate of drug-likeness (QED) is 0.759. The third-order valence-electron chi connectivity index (χ3n) is 2.85. The summed E-state index contributed by atoms with van der Waals surface area (Å²) in [5.41, 5.74) is 0. The van der Waals surface area contributed by atoms with E-state index in [0.717, 1.165) is 6.42 Å². The normalized spacial score (nSPS) is 18.8. The second-order valence-electron chi connectivity index (χ2n) is 4.21. The molecule has 1 amide bonds. The maximum Gasteiger partial charge on any atom is 0.246 e. The van der Waals surface area contributed by atoms with Gasteiger partial charge in [0.2, 0.25) is 17.7 Å². The standard InChI is InChI=1S/C13H17N3O3/c1-3-4-13(17)16-6-5-10(9-16)19-12-8-14-7-11(15-12)18-2/h3-4,7-8,10H,5-6,9H2,1-2H3/b4-3+/t10-/m0/s1. The first-order valence-corrected chi connectivity index (χ1v) is 6.17. The van der Waals surface area contributed by atoms with Crippen LogP contribution >= 0.6 is 0 Å². The first-order valence-electron chi connectivity index (χ1n) is 6.17. The molecule has 0 aliphatic carbocycles. The molecule has 102 valence electrons. The molecule has 0 spiro atoms. The molecule has 0 bridgehead atoms. The molecular formula is C13H17N3O3. The van der Waals surface area contributed by atoms with Gasteiger partial charge in [-0.25, -0.2) is 0 Å². The second-order valence-corrected chi connectivity index (χ2v) is 4.21. The number of hydrogen-bond acceptors (Lipinski definition) is 5. The molecule has 6 nitrogen and oxygen atoms in total. The van der Waals surface area contributed by atoms with Crippen molar-refractivity contribution >= 4 is 5.91 Å². The van der Waals surface area contributed by atoms with E-state index >= 15 is 0 Å². The molecule has 0 N–H and O–H groups in total.